The van der Waals surface area contributed by atoms with Crippen molar-refractivity contribution in [1.82, 2.24) is 4.90 Å². The van der Waals surface area contributed by atoms with Gasteiger partial charge < -0.3 is 4.90 Å². The van der Waals surface area contributed by atoms with E-state index in [1.165, 1.54) is 0 Å². The van der Waals surface area contributed by atoms with Gasteiger partial charge in [-0.3, -0.25) is 9.59 Å². The molecule has 1 aliphatic heterocycles. The van der Waals surface area contributed by atoms with E-state index in [0.717, 1.165) is 19.4 Å². The molecule has 0 saturated carbocycles. The molecule has 1 heterocycles. The number of Topliss-reactive ketones (excluding diaryl/α,β-unsaturated/α-hetero) is 1. The summed E-state index contributed by atoms with van der Waals surface area (Å²) >= 11 is 0. The van der Waals surface area contributed by atoms with E-state index in [2.05, 4.69) is 13.8 Å². The summed E-state index contributed by atoms with van der Waals surface area (Å²) in [6.07, 6.45) is 2.31. The van der Waals surface area contributed by atoms with Crippen molar-refractivity contribution < 1.29 is 9.59 Å². The minimum atomic E-state index is -0.176. The molecule has 1 aliphatic rings. The molecule has 3 heteroatoms. The summed E-state index contributed by atoms with van der Waals surface area (Å²) in [6.45, 7) is 6.50. The van der Waals surface area contributed by atoms with Gasteiger partial charge in [-0.25, -0.2) is 0 Å². The van der Waals surface area contributed by atoms with Crippen molar-refractivity contribution in [2.45, 2.75) is 46.1 Å². The first kappa shape index (κ1) is 11.2. The Balaban J connectivity index is 2.66. The molecular weight excluding hydrogens is 178 g/mol. The molecule has 0 bridgehead atoms. The molecule has 0 aromatic heterocycles. The zero-order valence-electron chi connectivity index (χ0n) is 9.25. The van der Waals surface area contributed by atoms with Crippen LogP contribution < -0.4 is 0 Å². The third kappa shape index (κ3) is 2.56. The summed E-state index contributed by atoms with van der Waals surface area (Å²) in [5.74, 6) is 0.720. The Labute approximate surface area is 85.5 Å². The molecule has 3 nitrogen and oxygen atoms in total. The minimum Gasteiger partial charge on any atom is -0.333 e. The summed E-state index contributed by atoms with van der Waals surface area (Å²) in [5.41, 5.74) is 0. The minimum absolute atomic E-state index is 0.119. The highest BCUT2D eigenvalue weighted by Crippen LogP contribution is 2.19. The second kappa shape index (κ2) is 4.58. The lowest BCUT2D eigenvalue weighted by molar-refractivity contribution is -0.136. The maximum absolute atomic E-state index is 11.5. The third-order valence-electron chi connectivity index (χ3n) is 2.65. The Kier molecular flexibility index (Phi) is 3.67. The maximum atomic E-state index is 11.5. The van der Waals surface area contributed by atoms with Crippen LogP contribution in [0.2, 0.25) is 0 Å². The van der Waals surface area contributed by atoms with Crippen LogP contribution in [0.3, 0.4) is 0 Å². The molecule has 1 fully saturated rings. The van der Waals surface area contributed by atoms with Gasteiger partial charge in [0.05, 0.1) is 6.04 Å². The lowest BCUT2D eigenvalue weighted by Crippen LogP contribution is -2.41. The topological polar surface area (TPSA) is 37.4 Å². The molecule has 1 amide bonds. The number of hydrogen-bond donors (Lipinski definition) is 0. The average Bonchev–Trinajstić information content (AvgIpc) is 2.46. The summed E-state index contributed by atoms with van der Waals surface area (Å²) < 4.78 is 0. The van der Waals surface area contributed by atoms with Gasteiger partial charge in [-0.15, -0.1) is 0 Å². The van der Waals surface area contributed by atoms with E-state index in [1.807, 2.05) is 0 Å². The van der Waals surface area contributed by atoms with Crippen molar-refractivity contribution in [3.63, 3.8) is 0 Å². The fourth-order valence-electron chi connectivity index (χ4n) is 1.96. The van der Waals surface area contributed by atoms with Crippen molar-refractivity contribution >= 4 is 11.7 Å². The second-order valence-electron chi connectivity index (χ2n) is 4.45. The molecule has 80 valence electrons. The summed E-state index contributed by atoms with van der Waals surface area (Å²) in [5, 5.41) is 0. The van der Waals surface area contributed by atoms with E-state index in [0.29, 0.717) is 12.3 Å². The van der Waals surface area contributed by atoms with E-state index >= 15 is 0 Å². The summed E-state index contributed by atoms with van der Waals surface area (Å²) in [7, 11) is 0. The van der Waals surface area contributed by atoms with Crippen LogP contribution in [-0.4, -0.2) is 29.2 Å². The fraction of sp³-hybridized carbons (Fsp3) is 0.818. The molecule has 0 aliphatic carbocycles. The summed E-state index contributed by atoms with van der Waals surface area (Å²) in [6, 6.07) is -0.176. The molecule has 1 atom stereocenters. The van der Waals surface area contributed by atoms with E-state index in [-0.39, 0.29) is 17.7 Å². The van der Waals surface area contributed by atoms with Gasteiger partial charge in [0.1, 0.15) is 0 Å². The monoisotopic (exact) mass is 197 g/mol. The average molecular weight is 197 g/mol. The number of nitrogens with zero attached hydrogens (tertiary/aromatic N) is 1. The van der Waals surface area contributed by atoms with Crippen LogP contribution in [-0.2, 0) is 9.59 Å². The fourth-order valence-corrected chi connectivity index (χ4v) is 1.96. The van der Waals surface area contributed by atoms with Gasteiger partial charge in [0.25, 0.3) is 0 Å². The van der Waals surface area contributed by atoms with Crippen LogP contribution in [0.4, 0.5) is 0 Å². The predicted molar refractivity (Wildman–Crippen MR) is 54.9 cm³/mol. The number of carbonyl (C=O) groups is 2. The van der Waals surface area contributed by atoms with Crippen molar-refractivity contribution in [2.24, 2.45) is 5.92 Å². The zero-order valence-corrected chi connectivity index (χ0v) is 9.25. The van der Waals surface area contributed by atoms with E-state index in [4.69, 9.17) is 0 Å². The van der Waals surface area contributed by atoms with E-state index in [1.54, 1.807) is 11.8 Å². The number of ketones is 1. The molecule has 14 heavy (non-hydrogen) atoms. The smallest absolute Gasteiger partial charge is 0.223 e. The predicted octanol–water partition coefficient (Wildman–Crippen LogP) is 1.61. The van der Waals surface area contributed by atoms with Crippen molar-refractivity contribution in [3.05, 3.63) is 0 Å². The SMILES string of the molecule is CC(=O)[C@H](CC(C)C)N1CCCC1=O. The normalized spacial score (nSPS) is 19.1. The van der Waals surface area contributed by atoms with Crippen LogP contribution in [0.5, 0.6) is 0 Å². The molecule has 0 aromatic carbocycles. The van der Waals surface area contributed by atoms with Gasteiger partial charge in [0, 0.05) is 13.0 Å². The molecule has 0 N–H and O–H groups in total. The maximum Gasteiger partial charge on any atom is 0.223 e. The van der Waals surface area contributed by atoms with Crippen molar-refractivity contribution in [3.8, 4) is 0 Å². The van der Waals surface area contributed by atoms with Crippen LogP contribution in [0.25, 0.3) is 0 Å². The highest BCUT2D eigenvalue weighted by atomic mass is 16.2. The van der Waals surface area contributed by atoms with Crippen LogP contribution in [0, 0.1) is 5.92 Å². The first-order valence-electron chi connectivity index (χ1n) is 5.32. The molecular formula is C11H19NO2. The van der Waals surface area contributed by atoms with E-state index < -0.39 is 0 Å². The quantitative estimate of drug-likeness (QED) is 0.686. The Morgan fingerprint density at radius 1 is 1.50 bits per heavy atom. The lowest BCUT2D eigenvalue weighted by Gasteiger charge is -2.26. The lowest BCUT2D eigenvalue weighted by atomic mass is 10.00. The highest BCUT2D eigenvalue weighted by molar-refractivity contribution is 5.88. The van der Waals surface area contributed by atoms with Gasteiger partial charge in [-0.05, 0) is 25.7 Å². The number of hydrogen-bond acceptors (Lipinski definition) is 2. The van der Waals surface area contributed by atoms with Gasteiger partial charge >= 0.3 is 0 Å². The Morgan fingerprint density at radius 3 is 2.50 bits per heavy atom. The van der Waals surface area contributed by atoms with Crippen LogP contribution in [0.15, 0.2) is 0 Å². The first-order chi connectivity index (χ1) is 6.52. The standard InChI is InChI=1S/C11H19NO2/c1-8(2)7-10(9(3)13)12-6-4-5-11(12)14/h8,10H,4-7H2,1-3H3/t10-/m0/s1. The molecule has 0 unspecified atom stereocenters. The molecule has 0 aromatic rings. The Bertz CT molecular complexity index is 235. The zero-order chi connectivity index (χ0) is 10.7. The molecule has 1 saturated heterocycles. The number of amides is 1. The van der Waals surface area contributed by atoms with Crippen molar-refractivity contribution in [2.75, 3.05) is 6.54 Å². The molecule has 1 rings (SSSR count). The first-order valence-corrected chi connectivity index (χ1v) is 5.32. The van der Waals surface area contributed by atoms with Crippen LogP contribution in [0.1, 0.15) is 40.0 Å². The molecule has 0 spiro atoms. The molecule has 0 radical (unpaired) electrons. The highest BCUT2D eigenvalue weighted by Gasteiger charge is 2.30. The van der Waals surface area contributed by atoms with Crippen molar-refractivity contribution in [1.29, 1.82) is 0 Å². The van der Waals surface area contributed by atoms with Gasteiger partial charge in [0.2, 0.25) is 5.91 Å². The Morgan fingerprint density at radius 2 is 2.14 bits per heavy atom. The number of carbonyl (C=O) groups excluding carboxylic acids is 2. The largest absolute Gasteiger partial charge is 0.333 e. The Hall–Kier alpha value is -0.860. The van der Waals surface area contributed by atoms with E-state index in [9.17, 15) is 9.59 Å². The third-order valence-corrected chi connectivity index (χ3v) is 2.65. The number of rotatable bonds is 4. The van der Waals surface area contributed by atoms with Gasteiger partial charge in [-0.1, -0.05) is 13.8 Å². The number of likely N-dealkylation sites (tertiary alicyclic amines) is 1. The van der Waals surface area contributed by atoms with Gasteiger partial charge in [0.15, 0.2) is 5.78 Å². The second-order valence-corrected chi connectivity index (χ2v) is 4.45. The van der Waals surface area contributed by atoms with Gasteiger partial charge in [-0.2, -0.15) is 0 Å². The summed E-state index contributed by atoms with van der Waals surface area (Å²) in [4.78, 5) is 24.6. The van der Waals surface area contributed by atoms with Crippen LogP contribution >= 0.6 is 0 Å².